The Morgan fingerprint density at radius 3 is 2.59 bits per heavy atom. The summed E-state index contributed by atoms with van der Waals surface area (Å²) in [5.41, 5.74) is 0.593. The van der Waals surface area contributed by atoms with Gasteiger partial charge < -0.3 is 14.4 Å². The first-order chi connectivity index (χ1) is 10.6. The predicted octanol–water partition coefficient (Wildman–Crippen LogP) is 1.91. The molecule has 1 atom stereocenters. The number of hydrogen-bond donors (Lipinski definition) is 0. The van der Waals surface area contributed by atoms with E-state index in [0.29, 0.717) is 29.7 Å². The largest absolute Gasteiger partial charge is 0.493 e. The summed E-state index contributed by atoms with van der Waals surface area (Å²) in [4.78, 5) is 15.7. The predicted molar refractivity (Wildman–Crippen MR) is 87.0 cm³/mol. The molecule has 1 saturated heterocycles. The molecule has 22 heavy (non-hydrogen) atoms. The van der Waals surface area contributed by atoms with E-state index in [2.05, 4.69) is 23.8 Å². The number of aldehydes is 1. The van der Waals surface area contributed by atoms with Crippen LogP contribution < -0.4 is 9.47 Å². The lowest BCUT2D eigenvalue weighted by molar-refractivity contribution is 0.105. The highest BCUT2D eigenvalue weighted by atomic mass is 16.5. The van der Waals surface area contributed by atoms with Gasteiger partial charge in [0.1, 0.15) is 6.29 Å². The van der Waals surface area contributed by atoms with Crippen LogP contribution in [0.4, 0.5) is 0 Å². The van der Waals surface area contributed by atoms with Crippen LogP contribution in [-0.2, 0) is 0 Å². The van der Waals surface area contributed by atoms with Crippen LogP contribution in [0.5, 0.6) is 11.5 Å². The van der Waals surface area contributed by atoms with Crippen molar-refractivity contribution in [1.29, 1.82) is 0 Å². The molecule has 1 aliphatic heterocycles. The molecule has 0 spiro atoms. The molecular weight excluding hydrogens is 280 g/mol. The van der Waals surface area contributed by atoms with Crippen LogP contribution in [0.2, 0.25) is 0 Å². The highest BCUT2D eigenvalue weighted by Gasteiger charge is 2.19. The third-order valence-corrected chi connectivity index (χ3v) is 4.28. The van der Waals surface area contributed by atoms with E-state index < -0.39 is 0 Å². The Morgan fingerprint density at radius 1 is 1.23 bits per heavy atom. The minimum atomic E-state index is 0.508. The number of rotatable bonds is 7. The van der Waals surface area contributed by atoms with Gasteiger partial charge in [0, 0.05) is 37.8 Å². The zero-order valence-electron chi connectivity index (χ0n) is 13.7. The number of nitrogens with zero attached hydrogens (tertiary/aromatic N) is 2. The van der Waals surface area contributed by atoms with Crippen LogP contribution in [0.1, 0.15) is 23.7 Å². The first kappa shape index (κ1) is 16.8. The Kier molecular flexibility index (Phi) is 6.21. The maximum atomic E-state index is 10.8. The fourth-order valence-electron chi connectivity index (χ4n) is 2.66. The zero-order chi connectivity index (χ0) is 15.9. The summed E-state index contributed by atoms with van der Waals surface area (Å²) < 4.78 is 11.1. The van der Waals surface area contributed by atoms with E-state index in [-0.39, 0.29) is 0 Å². The second-order valence-corrected chi connectivity index (χ2v) is 5.85. The monoisotopic (exact) mass is 306 g/mol. The van der Waals surface area contributed by atoms with Gasteiger partial charge >= 0.3 is 0 Å². The first-order valence-electron chi connectivity index (χ1n) is 7.82. The van der Waals surface area contributed by atoms with Crippen LogP contribution in [0.15, 0.2) is 18.2 Å². The number of ether oxygens (including phenoxy) is 2. The fraction of sp³-hybridized carbons (Fsp3) is 0.588. The van der Waals surface area contributed by atoms with E-state index in [1.54, 1.807) is 25.3 Å². The van der Waals surface area contributed by atoms with Crippen LogP contribution in [-0.4, -0.2) is 69.1 Å². The number of hydrogen-bond acceptors (Lipinski definition) is 5. The van der Waals surface area contributed by atoms with E-state index in [4.69, 9.17) is 9.47 Å². The van der Waals surface area contributed by atoms with Crippen LogP contribution in [0.3, 0.4) is 0 Å². The third-order valence-electron chi connectivity index (χ3n) is 4.28. The Hall–Kier alpha value is -1.59. The molecule has 1 unspecified atom stereocenters. The third kappa shape index (κ3) is 4.45. The van der Waals surface area contributed by atoms with E-state index >= 15 is 0 Å². The maximum Gasteiger partial charge on any atom is 0.161 e. The Labute approximate surface area is 132 Å². The lowest BCUT2D eigenvalue weighted by Gasteiger charge is -2.36. The number of benzene rings is 1. The lowest BCUT2D eigenvalue weighted by Crippen LogP contribution is -2.48. The second-order valence-electron chi connectivity index (χ2n) is 5.85. The molecular formula is C17H26N2O3. The highest BCUT2D eigenvalue weighted by Crippen LogP contribution is 2.27. The molecule has 122 valence electrons. The molecule has 0 aromatic heterocycles. The van der Waals surface area contributed by atoms with Gasteiger partial charge in [-0.15, -0.1) is 0 Å². The SMILES string of the molecule is COc1cc(C=O)ccc1OCCC(C)N1CCN(C)CC1. The minimum absolute atomic E-state index is 0.508. The van der Waals surface area contributed by atoms with Gasteiger partial charge in [-0.3, -0.25) is 9.69 Å². The smallest absolute Gasteiger partial charge is 0.161 e. The molecule has 0 aliphatic carbocycles. The second kappa shape index (κ2) is 8.15. The maximum absolute atomic E-state index is 10.8. The van der Waals surface area contributed by atoms with Gasteiger partial charge in [0.15, 0.2) is 11.5 Å². The van der Waals surface area contributed by atoms with E-state index in [0.717, 1.165) is 38.9 Å². The number of carbonyl (C=O) groups is 1. The summed E-state index contributed by atoms with van der Waals surface area (Å²) in [5, 5.41) is 0. The Bertz CT molecular complexity index is 485. The van der Waals surface area contributed by atoms with Crippen molar-refractivity contribution < 1.29 is 14.3 Å². The number of piperazine rings is 1. The van der Waals surface area contributed by atoms with Crippen molar-refractivity contribution >= 4 is 6.29 Å². The highest BCUT2D eigenvalue weighted by molar-refractivity contribution is 5.76. The van der Waals surface area contributed by atoms with Crippen molar-refractivity contribution in [3.8, 4) is 11.5 Å². The molecule has 1 heterocycles. The van der Waals surface area contributed by atoms with E-state index in [1.165, 1.54) is 0 Å². The molecule has 5 heteroatoms. The van der Waals surface area contributed by atoms with Gasteiger partial charge in [-0.25, -0.2) is 0 Å². The van der Waals surface area contributed by atoms with E-state index in [9.17, 15) is 4.79 Å². The van der Waals surface area contributed by atoms with Gasteiger partial charge in [0.05, 0.1) is 13.7 Å². The molecule has 1 fully saturated rings. The normalized spacial score (nSPS) is 18.0. The van der Waals surface area contributed by atoms with Crippen LogP contribution in [0, 0.1) is 0 Å². The van der Waals surface area contributed by atoms with Crippen LogP contribution >= 0.6 is 0 Å². The minimum Gasteiger partial charge on any atom is -0.493 e. The summed E-state index contributed by atoms with van der Waals surface area (Å²) in [5.74, 6) is 1.30. The molecule has 1 aromatic rings. The van der Waals surface area contributed by atoms with Crippen molar-refractivity contribution in [1.82, 2.24) is 9.80 Å². The first-order valence-corrected chi connectivity index (χ1v) is 7.82. The standard InChI is InChI=1S/C17H26N2O3/c1-14(19-9-7-18(2)8-10-19)6-11-22-16-5-4-15(13-20)12-17(16)21-3/h4-5,12-14H,6-11H2,1-3H3. The zero-order valence-corrected chi connectivity index (χ0v) is 13.7. The average molecular weight is 306 g/mol. The van der Waals surface area contributed by atoms with Crippen molar-refractivity contribution in [2.24, 2.45) is 0 Å². The molecule has 0 amide bonds. The van der Waals surface area contributed by atoms with Gasteiger partial charge in [0.2, 0.25) is 0 Å². The van der Waals surface area contributed by atoms with E-state index in [1.807, 2.05) is 0 Å². The average Bonchev–Trinajstić information content (AvgIpc) is 2.55. The molecule has 0 radical (unpaired) electrons. The van der Waals surface area contributed by atoms with Crippen molar-refractivity contribution in [2.45, 2.75) is 19.4 Å². The topological polar surface area (TPSA) is 42.0 Å². The molecule has 2 rings (SSSR count). The molecule has 0 bridgehead atoms. The summed E-state index contributed by atoms with van der Waals surface area (Å²) >= 11 is 0. The molecule has 0 saturated carbocycles. The number of carbonyl (C=O) groups excluding carboxylic acids is 1. The fourth-order valence-corrected chi connectivity index (χ4v) is 2.66. The van der Waals surface area contributed by atoms with Gasteiger partial charge in [-0.2, -0.15) is 0 Å². The number of likely N-dealkylation sites (N-methyl/N-ethyl adjacent to an activating group) is 1. The lowest BCUT2D eigenvalue weighted by atomic mass is 10.2. The Balaban J connectivity index is 1.81. The van der Waals surface area contributed by atoms with Crippen molar-refractivity contribution in [3.05, 3.63) is 23.8 Å². The van der Waals surface area contributed by atoms with Crippen molar-refractivity contribution in [2.75, 3.05) is 46.9 Å². The van der Waals surface area contributed by atoms with Crippen molar-refractivity contribution in [3.63, 3.8) is 0 Å². The summed E-state index contributed by atoms with van der Waals surface area (Å²) in [7, 11) is 3.75. The quantitative estimate of drug-likeness (QED) is 0.720. The van der Waals surface area contributed by atoms with Gasteiger partial charge in [-0.05, 0) is 38.6 Å². The Morgan fingerprint density at radius 2 is 1.95 bits per heavy atom. The molecule has 0 N–H and O–H groups in total. The van der Waals surface area contributed by atoms with Gasteiger partial charge in [0.25, 0.3) is 0 Å². The summed E-state index contributed by atoms with van der Waals surface area (Å²) in [6.45, 7) is 7.40. The summed E-state index contributed by atoms with van der Waals surface area (Å²) in [6, 6.07) is 5.75. The number of methoxy groups -OCH3 is 1. The molecule has 5 nitrogen and oxygen atoms in total. The molecule has 1 aromatic carbocycles. The van der Waals surface area contributed by atoms with Gasteiger partial charge in [-0.1, -0.05) is 0 Å². The molecule has 1 aliphatic rings. The summed E-state index contributed by atoms with van der Waals surface area (Å²) in [6.07, 6.45) is 1.78. The van der Waals surface area contributed by atoms with Crippen LogP contribution in [0.25, 0.3) is 0 Å².